The minimum Gasteiger partial charge on any atom is -0.481 e. The molecule has 3 N–H and O–H groups in total. The van der Waals surface area contributed by atoms with E-state index in [1.807, 2.05) is 0 Å². The summed E-state index contributed by atoms with van der Waals surface area (Å²) in [5.41, 5.74) is -0.489. The molecule has 1 aliphatic carbocycles. The number of carbonyl (C=O) groups excluding carboxylic acids is 1. The fraction of sp³-hybridized carbons (Fsp3) is 0.818. The topological polar surface area (TPSA) is 78.4 Å². The molecule has 0 unspecified atom stereocenters. The Morgan fingerprint density at radius 1 is 1.31 bits per heavy atom. The van der Waals surface area contributed by atoms with E-state index in [9.17, 15) is 9.59 Å². The Labute approximate surface area is 95.6 Å². The van der Waals surface area contributed by atoms with Crippen LogP contribution in [0, 0.1) is 0 Å². The number of carboxylic acid groups (broad SMARTS) is 1. The van der Waals surface area contributed by atoms with Gasteiger partial charge in [-0.1, -0.05) is 12.8 Å². The molecule has 0 bridgehead atoms. The fourth-order valence-corrected chi connectivity index (χ4v) is 2.28. The lowest BCUT2D eigenvalue weighted by atomic mass is 9.93. The van der Waals surface area contributed by atoms with Gasteiger partial charge in [-0.15, -0.1) is 0 Å². The van der Waals surface area contributed by atoms with Crippen LogP contribution in [0.5, 0.6) is 0 Å². The Morgan fingerprint density at radius 3 is 2.44 bits per heavy atom. The monoisotopic (exact) mass is 228 g/mol. The maximum absolute atomic E-state index is 11.6. The Kier molecular flexibility index (Phi) is 4.73. The van der Waals surface area contributed by atoms with Gasteiger partial charge in [0.05, 0.1) is 12.0 Å². The van der Waals surface area contributed by atoms with Crippen molar-refractivity contribution in [1.29, 1.82) is 0 Å². The van der Waals surface area contributed by atoms with Crippen molar-refractivity contribution in [2.45, 2.75) is 44.1 Å². The van der Waals surface area contributed by atoms with Crippen molar-refractivity contribution in [2.75, 3.05) is 13.6 Å². The predicted molar refractivity (Wildman–Crippen MR) is 60.1 cm³/mol. The molecule has 0 spiro atoms. The van der Waals surface area contributed by atoms with Crippen molar-refractivity contribution in [1.82, 2.24) is 10.6 Å². The van der Waals surface area contributed by atoms with Gasteiger partial charge in [-0.2, -0.15) is 0 Å². The van der Waals surface area contributed by atoms with Gasteiger partial charge in [0.2, 0.25) is 5.91 Å². The molecule has 1 amide bonds. The van der Waals surface area contributed by atoms with E-state index in [1.165, 1.54) is 0 Å². The summed E-state index contributed by atoms with van der Waals surface area (Å²) in [5.74, 6) is -0.895. The maximum atomic E-state index is 11.6. The van der Waals surface area contributed by atoms with E-state index < -0.39 is 11.5 Å². The zero-order chi connectivity index (χ0) is 12.0. The Morgan fingerprint density at radius 2 is 1.94 bits per heavy atom. The molecule has 1 rings (SSSR count). The van der Waals surface area contributed by atoms with E-state index in [4.69, 9.17) is 5.11 Å². The van der Waals surface area contributed by atoms with Gasteiger partial charge >= 0.3 is 5.97 Å². The van der Waals surface area contributed by atoms with Gasteiger partial charge < -0.3 is 15.7 Å². The van der Waals surface area contributed by atoms with Crippen LogP contribution in [0.1, 0.15) is 38.5 Å². The van der Waals surface area contributed by atoms with Crippen LogP contribution in [0.4, 0.5) is 0 Å². The normalized spacial score (nSPS) is 18.3. The average Bonchev–Trinajstić information content (AvgIpc) is 2.62. The summed E-state index contributed by atoms with van der Waals surface area (Å²) < 4.78 is 0. The zero-order valence-corrected chi connectivity index (χ0v) is 9.71. The first kappa shape index (κ1) is 13.0. The molecule has 16 heavy (non-hydrogen) atoms. The number of nitrogens with one attached hydrogen (secondary N) is 2. The Bertz CT molecular complexity index is 260. The van der Waals surface area contributed by atoms with Crippen LogP contribution < -0.4 is 10.6 Å². The highest BCUT2D eigenvalue weighted by atomic mass is 16.4. The van der Waals surface area contributed by atoms with E-state index >= 15 is 0 Å². The zero-order valence-electron chi connectivity index (χ0n) is 9.71. The molecule has 5 heteroatoms. The molecule has 1 saturated carbocycles. The average molecular weight is 228 g/mol. The van der Waals surface area contributed by atoms with Gasteiger partial charge in [0.1, 0.15) is 0 Å². The lowest BCUT2D eigenvalue weighted by molar-refractivity contribution is -0.139. The molecule has 0 saturated heterocycles. The molecule has 5 nitrogen and oxygen atoms in total. The first-order valence-corrected chi connectivity index (χ1v) is 5.75. The number of amides is 1. The molecule has 0 aliphatic heterocycles. The summed E-state index contributed by atoms with van der Waals surface area (Å²) in [6, 6.07) is 0. The molecule has 0 aromatic rings. The highest BCUT2D eigenvalue weighted by Gasteiger charge is 2.37. The predicted octanol–water partition coefficient (Wildman–Crippen LogP) is 0.500. The molecule has 0 aromatic heterocycles. The molecule has 0 radical (unpaired) electrons. The van der Waals surface area contributed by atoms with Crippen molar-refractivity contribution >= 4 is 11.9 Å². The van der Waals surface area contributed by atoms with E-state index in [1.54, 1.807) is 7.05 Å². The SMILES string of the molecule is CNCCC(=O)NC1(CC(=O)O)CCCC1. The van der Waals surface area contributed by atoms with E-state index in [0.29, 0.717) is 13.0 Å². The second kappa shape index (κ2) is 5.84. The maximum Gasteiger partial charge on any atom is 0.305 e. The second-order valence-electron chi connectivity index (χ2n) is 4.46. The number of hydrogen-bond donors (Lipinski definition) is 3. The third kappa shape index (κ3) is 3.81. The number of carboxylic acids is 1. The van der Waals surface area contributed by atoms with Crippen molar-refractivity contribution in [3.8, 4) is 0 Å². The Balaban J connectivity index is 2.50. The molecule has 92 valence electrons. The van der Waals surface area contributed by atoms with Crippen molar-refractivity contribution < 1.29 is 14.7 Å². The molecule has 0 atom stereocenters. The second-order valence-corrected chi connectivity index (χ2v) is 4.46. The van der Waals surface area contributed by atoms with Crippen LogP contribution in [0.2, 0.25) is 0 Å². The number of aliphatic carboxylic acids is 1. The van der Waals surface area contributed by atoms with Gasteiger partial charge in [-0.3, -0.25) is 9.59 Å². The molecular weight excluding hydrogens is 208 g/mol. The summed E-state index contributed by atoms with van der Waals surface area (Å²) in [6.45, 7) is 0.620. The minimum atomic E-state index is -0.837. The summed E-state index contributed by atoms with van der Waals surface area (Å²) in [6.07, 6.45) is 4.00. The van der Waals surface area contributed by atoms with Crippen LogP contribution in [0.3, 0.4) is 0 Å². The highest BCUT2D eigenvalue weighted by Crippen LogP contribution is 2.32. The highest BCUT2D eigenvalue weighted by molar-refractivity contribution is 5.78. The van der Waals surface area contributed by atoms with Gasteiger partial charge in [0.25, 0.3) is 0 Å². The molecule has 1 fully saturated rings. The third-order valence-electron chi connectivity index (χ3n) is 3.06. The molecule has 0 heterocycles. The van der Waals surface area contributed by atoms with Crippen LogP contribution in [0.15, 0.2) is 0 Å². The lowest BCUT2D eigenvalue weighted by Gasteiger charge is -2.28. The van der Waals surface area contributed by atoms with Gasteiger partial charge in [-0.25, -0.2) is 0 Å². The molecular formula is C11H20N2O3. The first-order chi connectivity index (χ1) is 7.58. The quantitative estimate of drug-likeness (QED) is 0.618. The van der Waals surface area contributed by atoms with E-state index in [0.717, 1.165) is 25.7 Å². The van der Waals surface area contributed by atoms with Crippen molar-refractivity contribution in [3.05, 3.63) is 0 Å². The smallest absolute Gasteiger partial charge is 0.305 e. The van der Waals surface area contributed by atoms with Crippen molar-refractivity contribution in [2.24, 2.45) is 0 Å². The number of hydrogen-bond acceptors (Lipinski definition) is 3. The molecule has 0 aromatic carbocycles. The van der Waals surface area contributed by atoms with Crippen molar-refractivity contribution in [3.63, 3.8) is 0 Å². The van der Waals surface area contributed by atoms with Crippen LogP contribution in [0.25, 0.3) is 0 Å². The largest absolute Gasteiger partial charge is 0.481 e. The van der Waals surface area contributed by atoms with E-state index in [-0.39, 0.29) is 12.3 Å². The third-order valence-corrected chi connectivity index (χ3v) is 3.06. The molecule has 1 aliphatic rings. The first-order valence-electron chi connectivity index (χ1n) is 5.75. The number of carbonyl (C=O) groups is 2. The van der Waals surface area contributed by atoms with E-state index in [2.05, 4.69) is 10.6 Å². The summed E-state index contributed by atoms with van der Waals surface area (Å²) in [4.78, 5) is 22.4. The Hall–Kier alpha value is -1.10. The summed E-state index contributed by atoms with van der Waals surface area (Å²) in [7, 11) is 1.79. The van der Waals surface area contributed by atoms with Crippen LogP contribution >= 0.6 is 0 Å². The van der Waals surface area contributed by atoms with Gasteiger partial charge in [-0.05, 0) is 19.9 Å². The minimum absolute atomic E-state index is 0.0400. The number of rotatable bonds is 6. The summed E-state index contributed by atoms with van der Waals surface area (Å²) >= 11 is 0. The van der Waals surface area contributed by atoms with Gasteiger partial charge in [0, 0.05) is 13.0 Å². The lowest BCUT2D eigenvalue weighted by Crippen LogP contribution is -2.48. The summed E-state index contributed by atoms with van der Waals surface area (Å²) in [5, 5.41) is 14.7. The van der Waals surface area contributed by atoms with Gasteiger partial charge in [0.15, 0.2) is 0 Å². The van der Waals surface area contributed by atoms with Crippen LogP contribution in [-0.2, 0) is 9.59 Å². The van der Waals surface area contributed by atoms with Crippen LogP contribution in [-0.4, -0.2) is 36.1 Å². The standard InChI is InChI=1S/C11H20N2O3/c1-12-7-4-9(14)13-11(8-10(15)16)5-2-3-6-11/h12H,2-8H2,1H3,(H,13,14)(H,15,16). The fourth-order valence-electron chi connectivity index (χ4n) is 2.28.